The van der Waals surface area contributed by atoms with Crippen LogP contribution in [0.5, 0.6) is 0 Å². The Morgan fingerprint density at radius 3 is 2.46 bits per heavy atom. The van der Waals surface area contributed by atoms with Gasteiger partial charge in [0, 0.05) is 38.4 Å². The monoisotopic (exact) mass is 465 g/mol. The summed E-state index contributed by atoms with van der Waals surface area (Å²) in [6.07, 6.45) is 5.82. The van der Waals surface area contributed by atoms with Crippen LogP contribution in [-0.2, 0) is 11.2 Å². The van der Waals surface area contributed by atoms with E-state index < -0.39 is 0 Å². The molecule has 1 aromatic carbocycles. The van der Waals surface area contributed by atoms with Gasteiger partial charge in [-0.3, -0.25) is 4.99 Å². The van der Waals surface area contributed by atoms with Gasteiger partial charge in [-0.15, -0.1) is 24.0 Å². The van der Waals surface area contributed by atoms with E-state index in [-0.39, 0.29) is 24.0 Å². The van der Waals surface area contributed by atoms with Gasteiger partial charge in [0.25, 0.3) is 0 Å². The average molecular weight is 466 g/mol. The number of benzene rings is 1. The topological polar surface area (TPSA) is 45.7 Å². The normalized spacial score (nSPS) is 14.2. The van der Waals surface area contributed by atoms with E-state index in [1.165, 1.54) is 18.4 Å². The average Bonchev–Trinajstić information content (AvgIpc) is 3.38. The molecule has 0 aliphatic heterocycles. The van der Waals surface area contributed by atoms with Crippen LogP contribution < -0.4 is 10.6 Å². The van der Waals surface area contributed by atoms with Crippen molar-refractivity contribution in [3.63, 3.8) is 0 Å². The lowest BCUT2D eigenvalue weighted by atomic mass is 10.1. The minimum Gasteiger partial charge on any atom is -0.381 e. The van der Waals surface area contributed by atoms with Crippen molar-refractivity contribution in [2.45, 2.75) is 32.1 Å². The highest BCUT2D eigenvalue weighted by Gasteiger charge is 2.20. The second-order valence-corrected chi connectivity index (χ2v) is 6.46. The molecule has 0 heterocycles. The Labute approximate surface area is 167 Å². The van der Waals surface area contributed by atoms with Gasteiger partial charge in [-0.05, 0) is 55.7 Å². The van der Waals surface area contributed by atoms with Crippen LogP contribution in [0.1, 0.15) is 31.2 Å². The Hall–Kier alpha value is -0.530. The zero-order valence-electron chi connectivity index (χ0n) is 14.4. The number of guanidine groups is 1. The summed E-state index contributed by atoms with van der Waals surface area (Å²) in [4.78, 5) is 4.24. The Morgan fingerprint density at radius 1 is 1.17 bits per heavy atom. The molecule has 2 N–H and O–H groups in total. The molecule has 136 valence electrons. The van der Waals surface area contributed by atoms with Crippen molar-refractivity contribution in [3.8, 4) is 0 Å². The minimum absolute atomic E-state index is 0. The smallest absolute Gasteiger partial charge is 0.190 e. The van der Waals surface area contributed by atoms with Gasteiger partial charge in [0.1, 0.15) is 0 Å². The van der Waals surface area contributed by atoms with Gasteiger partial charge in [0.05, 0.1) is 0 Å². The van der Waals surface area contributed by atoms with Crippen LogP contribution >= 0.6 is 35.6 Å². The largest absolute Gasteiger partial charge is 0.381 e. The second kappa shape index (κ2) is 12.8. The summed E-state index contributed by atoms with van der Waals surface area (Å²) in [5.74, 6) is 1.71. The number of hydrogen-bond acceptors (Lipinski definition) is 2. The summed E-state index contributed by atoms with van der Waals surface area (Å²) in [7, 11) is 1.80. The Morgan fingerprint density at radius 2 is 1.83 bits per heavy atom. The lowest BCUT2D eigenvalue weighted by Gasteiger charge is -2.12. The Kier molecular flexibility index (Phi) is 11.5. The maximum absolute atomic E-state index is 5.89. The Bertz CT molecular complexity index is 478. The molecule has 2 rings (SSSR count). The second-order valence-electron chi connectivity index (χ2n) is 6.03. The summed E-state index contributed by atoms with van der Waals surface area (Å²) in [6.45, 7) is 3.57. The molecule has 1 saturated carbocycles. The molecule has 0 bridgehead atoms. The third-order valence-corrected chi connectivity index (χ3v) is 4.13. The first-order valence-electron chi connectivity index (χ1n) is 8.54. The van der Waals surface area contributed by atoms with E-state index in [9.17, 15) is 0 Å². The first-order chi connectivity index (χ1) is 11.3. The molecule has 1 aliphatic rings. The number of ether oxygens (including phenoxy) is 1. The summed E-state index contributed by atoms with van der Waals surface area (Å²) >= 11 is 5.89. The highest BCUT2D eigenvalue weighted by Crippen LogP contribution is 2.28. The molecule has 1 aliphatic carbocycles. The molecule has 0 amide bonds. The summed E-state index contributed by atoms with van der Waals surface area (Å²) in [5.41, 5.74) is 1.31. The predicted octanol–water partition coefficient (Wildman–Crippen LogP) is 3.87. The predicted molar refractivity (Wildman–Crippen MR) is 113 cm³/mol. The van der Waals surface area contributed by atoms with E-state index in [1.54, 1.807) is 7.05 Å². The first kappa shape index (κ1) is 21.5. The third-order valence-electron chi connectivity index (χ3n) is 3.88. The van der Waals surface area contributed by atoms with Gasteiger partial charge in [-0.25, -0.2) is 0 Å². The molecular formula is C18H29ClIN3O. The fraction of sp³-hybridized carbons (Fsp3) is 0.611. The number of hydrogen-bond donors (Lipinski definition) is 2. The van der Waals surface area contributed by atoms with Crippen LogP contribution in [0.15, 0.2) is 29.3 Å². The lowest BCUT2D eigenvalue weighted by Crippen LogP contribution is -2.38. The molecule has 24 heavy (non-hydrogen) atoms. The summed E-state index contributed by atoms with van der Waals surface area (Å²) in [6, 6.07) is 8.04. The molecule has 0 aromatic heterocycles. The maximum Gasteiger partial charge on any atom is 0.190 e. The SMILES string of the molecule is CN=C(NCCCOCC1CC1)NCCCc1ccc(Cl)cc1.I. The van der Waals surface area contributed by atoms with E-state index in [4.69, 9.17) is 16.3 Å². The molecule has 6 heteroatoms. The third kappa shape index (κ3) is 9.69. The van der Waals surface area contributed by atoms with Gasteiger partial charge in [-0.1, -0.05) is 23.7 Å². The van der Waals surface area contributed by atoms with Crippen LogP contribution in [-0.4, -0.2) is 39.3 Å². The van der Waals surface area contributed by atoms with Crippen LogP contribution in [0.2, 0.25) is 5.02 Å². The minimum atomic E-state index is 0. The van der Waals surface area contributed by atoms with Crippen LogP contribution in [0, 0.1) is 5.92 Å². The standard InChI is InChI=1S/C18H28ClN3O.HI/c1-20-18(22-12-3-13-23-14-16-5-6-16)21-11-2-4-15-7-9-17(19)10-8-15;/h7-10,16H,2-6,11-14H2,1H3,(H2,20,21,22);1H. The quantitative estimate of drug-likeness (QED) is 0.239. The van der Waals surface area contributed by atoms with E-state index >= 15 is 0 Å². The number of halogens is 2. The summed E-state index contributed by atoms with van der Waals surface area (Å²) in [5, 5.41) is 7.45. The van der Waals surface area contributed by atoms with Gasteiger partial charge < -0.3 is 15.4 Å². The van der Waals surface area contributed by atoms with Crippen molar-refractivity contribution in [2.75, 3.05) is 33.4 Å². The van der Waals surface area contributed by atoms with E-state index in [1.807, 2.05) is 12.1 Å². The van der Waals surface area contributed by atoms with Crippen molar-refractivity contribution in [3.05, 3.63) is 34.9 Å². The number of nitrogens with one attached hydrogen (secondary N) is 2. The zero-order chi connectivity index (χ0) is 16.3. The van der Waals surface area contributed by atoms with E-state index in [0.717, 1.165) is 62.5 Å². The maximum atomic E-state index is 5.89. The van der Waals surface area contributed by atoms with Gasteiger partial charge in [0.2, 0.25) is 0 Å². The van der Waals surface area contributed by atoms with Gasteiger partial charge >= 0.3 is 0 Å². The van der Waals surface area contributed by atoms with Gasteiger partial charge in [-0.2, -0.15) is 0 Å². The molecule has 4 nitrogen and oxygen atoms in total. The Balaban J connectivity index is 0.00000288. The van der Waals surface area contributed by atoms with E-state index in [2.05, 4.69) is 27.8 Å². The number of aliphatic imine (C=N–C) groups is 1. The van der Waals surface area contributed by atoms with Crippen LogP contribution in [0.25, 0.3) is 0 Å². The summed E-state index contributed by atoms with van der Waals surface area (Å²) < 4.78 is 5.62. The molecule has 0 saturated heterocycles. The fourth-order valence-corrected chi connectivity index (χ4v) is 2.41. The molecule has 0 atom stereocenters. The number of nitrogens with zero attached hydrogens (tertiary/aromatic N) is 1. The lowest BCUT2D eigenvalue weighted by molar-refractivity contribution is 0.123. The first-order valence-corrected chi connectivity index (χ1v) is 8.92. The zero-order valence-corrected chi connectivity index (χ0v) is 17.5. The molecular weight excluding hydrogens is 437 g/mol. The molecule has 0 radical (unpaired) electrons. The van der Waals surface area contributed by atoms with Crippen molar-refractivity contribution in [2.24, 2.45) is 10.9 Å². The number of rotatable bonds is 10. The highest BCUT2D eigenvalue weighted by molar-refractivity contribution is 14.0. The fourth-order valence-electron chi connectivity index (χ4n) is 2.29. The highest BCUT2D eigenvalue weighted by atomic mass is 127. The van der Waals surface area contributed by atoms with Crippen molar-refractivity contribution < 1.29 is 4.74 Å². The molecule has 1 fully saturated rings. The van der Waals surface area contributed by atoms with Gasteiger partial charge in [0.15, 0.2) is 5.96 Å². The van der Waals surface area contributed by atoms with E-state index in [0.29, 0.717) is 0 Å². The van der Waals surface area contributed by atoms with Crippen molar-refractivity contribution >= 4 is 41.5 Å². The van der Waals surface area contributed by atoms with Crippen LogP contribution in [0.3, 0.4) is 0 Å². The van der Waals surface area contributed by atoms with Crippen molar-refractivity contribution in [1.82, 2.24) is 10.6 Å². The molecule has 0 spiro atoms. The molecule has 1 aromatic rings. The van der Waals surface area contributed by atoms with Crippen molar-refractivity contribution in [1.29, 1.82) is 0 Å². The molecule has 0 unspecified atom stereocenters. The number of aryl methyl sites for hydroxylation is 1. The van der Waals surface area contributed by atoms with Crippen LogP contribution in [0.4, 0.5) is 0 Å².